The zero-order valence-electron chi connectivity index (χ0n) is 16.5. The third-order valence-electron chi connectivity index (χ3n) is 4.40. The van der Waals surface area contributed by atoms with E-state index in [0.717, 1.165) is 33.1 Å². The van der Waals surface area contributed by atoms with Gasteiger partial charge in [0.05, 0.1) is 5.69 Å². The van der Waals surface area contributed by atoms with E-state index in [4.69, 9.17) is 4.74 Å². The van der Waals surface area contributed by atoms with Crippen LogP contribution in [-0.4, -0.2) is 9.97 Å². The molecule has 0 atom stereocenters. The zero-order valence-corrected chi connectivity index (χ0v) is 18.2. The summed E-state index contributed by atoms with van der Waals surface area (Å²) in [6.45, 7) is 6.67. The second-order valence-corrected chi connectivity index (χ2v) is 7.47. The summed E-state index contributed by atoms with van der Waals surface area (Å²) in [4.78, 5) is 9.08. The maximum absolute atomic E-state index is 6.14. The van der Waals surface area contributed by atoms with Crippen molar-refractivity contribution in [3.05, 3.63) is 107 Å². The largest absolute Gasteiger partial charge is 0.485 e. The van der Waals surface area contributed by atoms with Crippen LogP contribution in [0.25, 0.3) is 5.57 Å². The number of aryl methyl sites for hydroxylation is 1. The lowest BCUT2D eigenvalue weighted by Gasteiger charge is -2.14. The Balaban J connectivity index is 0.00000256. The topological polar surface area (TPSA) is 47.0 Å². The third kappa shape index (κ3) is 5.26. The van der Waals surface area contributed by atoms with E-state index in [0.29, 0.717) is 18.2 Å². The van der Waals surface area contributed by atoms with E-state index in [1.165, 1.54) is 11.3 Å². The van der Waals surface area contributed by atoms with Crippen molar-refractivity contribution in [2.24, 2.45) is 0 Å². The second-order valence-electron chi connectivity index (χ2n) is 6.61. The average molecular weight is 436 g/mol. The number of hydrogen-bond acceptors (Lipinski definition) is 5. The Hall–Kier alpha value is -3.15. The smallest absolute Gasteiger partial charge is 0.188 e. The van der Waals surface area contributed by atoms with Gasteiger partial charge in [-0.1, -0.05) is 67.2 Å². The fraction of sp³-hybridized carbons (Fsp3) is 0.0833. The quantitative estimate of drug-likeness (QED) is 0.353. The van der Waals surface area contributed by atoms with Crippen LogP contribution in [0.1, 0.15) is 22.4 Å². The van der Waals surface area contributed by atoms with Gasteiger partial charge in [0.2, 0.25) is 0 Å². The van der Waals surface area contributed by atoms with E-state index in [1.807, 2.05) is 85.2 Å². The fourth-order valence-electron chi connectivity index (χ4n) is 2.87. The number of anilines is 2. The first-order valence-corrected chi connectivity index (χ1v) is 10.2. The molecule has 30 heavy (non-hydrogen) atoms. The van der Waals surface area contributed by atoms with Crippen molar-refractivity contribution in [1.82, 2.24) is 9.97 Å². The molecule has 0 aliphatic rings. The van der Waals surface area contributed by atoms with Crippen molar-refractivity contribution < 1.29 is 4.74 Å². The minimum absolute atomic E-state index is 0. The number of benzene rings is 2. The van der Waals surface area contributed by atoms with Crippen LogP contribution >= 0.6 is 23.7 Å². The fourth-order valence-corrected chi connectivity index (χ4v) is 3.55. The van der Waals surface area contributed by atoms with E-state index in [2.05, 4.69) is 21.9 Å². The summed E-state index contributed by atoms with van der Waals surface area (Å²) >= 11 is 1.54. The number of pyridine rings is 1. The normalized spacial score (nSPS) is 10.2. The Morgan fingerprint density at radius 2 is 1.73 bits per heavy atom. The molecule has 4 nitrogen and oxygen atoms in total. The Bertz CT molecular complexity index is 1110. The van der Waals surface area contributed by atoms with Crippen LogP contribution < -0.4 is 10.1 Å². The van der Waals surface area contributed by atoms with Gasteiger partial charge in [0.25, 0.3) is 0 Å². The number of nitrogens with zero attached hydrogens (tertiary/aromatic N) is 2. The summed E-state index contributed by atoms with van der Waals surface area (Å²) < 4.78 is 6.14. The van der Waals surface area contributed by atoms with Gasteiger partial charge in [-0.05, 0) is 29.7 Å². The van der Waals surface area contributed by atoms with Crippen LogP contribution in [0.4, 0.5) is 10.9 Å². The van der Waals surface area contributed by atoms with Crippen molar-refractivity contribution in [3.8, 4) is 5.75 Å². The molecule has 2 aromatic carbocycles. The van der Waals surface area contributed by atoms with Gasteiger partial charge >= 0.3 is 0 Å². The molecule has 1 N–H and O–H groups in total. The Morgan fingerprint density at radius 3 is 2.40 bits per heavy atom. The van der Waals surface area contributed by atoms with Crippen LogP contribution in [-0.2, 0) is 6.61 Å². The monoisotopic (exact) mass is 435 g/mol. The van der Waals surface area contributed by atoms with E-state index < -0.39 is 0 Å². The lowest BCUT2D eigenvalue weighted by molar-refractivity contribution is 0.307. The minimum Gasteiger partial charge on any atom is -0.485 e. The van der Waals surface area contributed by atoms with Crippen LogP contribution in [0.2, 0.25) is 0 Å². The van der Waals surface area contributed by atoms with Crippen molar-refractivity contribution in [3.63, 3.8) is 0 Å². The summed E-state index contributed by atoms with van der Waals surface area (Å²) in [6, 6.07) is 22.1. The molecule has 0 aliphatic heterocycles. The highest BCUT2D eigenvalue weighted by atomic mass is 35.5. The highest BCUT2D eigenvalue weighted by molar-refractivity contribution is 7.13. The lowest BCUT2D eigenvalue weighted by Crippen LogP contribution is -2.02. The molecule has 0 saturated carbocycles. The van der Waals surface area contributed by atoms with Gasteiger partial charge in [0.1, 0.15) is 6.61 Å². The van der Waals surface area contributed by atoms with Gasteiger partial charge in [-0.3, -0.25) is 0 Å². The van der Waals surface area contributed by atoms with E-state index in [-0.39, 0.29) is 12.4 Å². The third-order valence-corrected chi connectivity index (χ3v) is 5.28. The van der Waals surface area contributed by atoms with Crippen molar-refractivity contribution in [1.29, 1.82) is 0 Å². The number of aromatic nitrogens is 2. The van der Waals surface area contributed by atoms with Gasteiger partial charge in [-0.25, -0.2) is 9.97 Å². The molecule has 0 amide bonds. The number of hydrogen-bond donors (Lipinski definition) is 1. The van der Waals surface area contributed by atoms with Crippen LogP contribution in [0.3, 0.4) is 0 Å². The molecule has 4 rings (SSSR count). The first-order valence-electron chi connectivity index (χ1n) is 9.29. The SMILES string of the molecule is C=C(c1ccccc1)c1cnc(Nc2nc(C)cs2)c(OCc2ccccc2)c1.Cl. The summed E-state index contributed by atoms with van der Waals surface area (Å²) in [5.74, 6) is 1.30. The molecular weight excluding hydrogens is 414 g/mol. The number of halogens is 1. The van der Waals surface area contributed by atoms with Crippen molar-refractivity contribution in [2.75, 3.05) is 5.32 Å². The molecule has 0 spiro atoms. The number of ether oxygens (including phenoxy) is 1. The zero-order chi connectivity index (χ0) is 20.1. The van der Waals surface area contributed by atoms with Gasteiger partial charge in [-0.15, -0.1) is 23.7 Å². The molecule has 6 heteroatoms. The summed E-state index contributed by atoms with van der Waals surface area (Å²) in [5.41, 5.74) is 4.94. The Kier molecular flexibility index (Phi) is 7.22. The van der Waals surface area contributed by atoms with Crippen LogP contribution in [0.15, 0.2) is 84.9 Å². The van der Waals surface area contributed by atoms with Gasteiger partial charge in [0, 0.05) is 17.1 Å². The van der Waals surface area contributed by atoms with Gasteiger partial charge < -0.3 is 10.1 Å². The molecule has 0 radical (unpaired) electrons. The predicted molar refractivity (Wildman–Crippen MR) is 127 cm³/mol. The standard InChI is InChI=1S/C24H21N3OS.ClH/c1-17-16-29-24(26-17)27-23-22(28-15-19-9-5-3-6-10-19)13-21(14-25-23)18(2)20-11-7-4-8-12-20;/h3-14,16H,2,15H2,1H3,(H,25,26,27);1H. The molecule has 0 aliphatic carbocycles. The molecule has 0 unspecified atom stereocenters. The van der Waals surface area contributed by atoms with Crippen LogP contribution in [0, 0.1) is 6.92 Å². The summed E-state index contributed by atoms with van der Waals surface area (Å²) in [5, 5.41) is 6.06. The second kappa shape index (κ2) is 10.1. The molecule has 0 bridgehead atoms. The lowest BCUT2D eigenvalue weighted by atomic mass is 10.0. The summed E-state index contributed by atoms with van der Waals surface area (Å²) in [6.07, 6.45) is 1.81. The van der Waals surface area contributed by atoms with Gasteiger partial charge in [-0.2, -0.15) is 0 Å². The molecule has 2 aromatic heterocycles. The summed E-state index contributed by atoms with van der Waals surface area (Å²) in [7, 11) is 0. The predicted octanol–water partition coefficient (Wildman–Crippen LogP) is 6.65. The average Bonchev–Trinajstić information content (AvgIpc) is 3.18. The van der Waals surface area contributed by atoms with E-state index in [9.17, 15) is 0 Å². The molecule has 4 aromatic rings. The van der Waals surface area contributed by atoms with Gasteiger partial charge in [0.15, 0.2) is 16.7 Å². The first-order chi connectivity index (χ1) is 14.2. The highest BCUT2D eigenvalue weighted by Crippen LogP contribution is 2.32. The highest BCUT2D eigenvalue weighted by Gasteiger charge is 2.12. The number of nitrogens with one attached hydrogen (secondary N) is 1. The molecular formula is C24H22ClN3OS. The van der Waals surface area contributed by atoms with E-state index >= 15 is 0 Å². The van der Waals surface area contributed by atoms with Crippen molar-refractivity contribution in [2.45, 2.75) is 13.5 Å². The maximum atomic E-state index is 6.14. The Morgan fingerprint density at radius 1 is 1.03 bits per heavy atom. The Labute approximate surface area is 186 Å². The van der Waals surface area contributed by atoms with Crippen LogP contribution in [0.5, 0.6) is 5.75 Å². The minimum atomic E-state index is 0. The first kappa shape index (κ1) is 21.6. The molecule has 152 valence electrons. The molecule has 0 saturated heterocycles. The number of thiazole rings is 1. The molecule has 2 heterocycles. The van der Waals surface area contributed by atoms with Crippen molar-refractivity contribution >= 4 is 40.3 Å². The van der Waals surface area contributed by atoms with E-state index in [1.54, 1.807) is 0 Å². The maximum Gasteiger partial charge on any atom is 0.188 e. The molecule has 0 fully saturated rings. The number of rotatable bonds is 7.